The predicted octanol–water partition coefficient (Wildman–Crippen LogP) is 2.56. The molecule has 0 aromatic heterocycles. The molecule has 0 unspecified atom stereocenters. The van der Waals surface area contributed by atoms with E-state index in [1.54, 1.807) is 0 Å². The molecule has 0 aromatic rings. The summed E-state index contributed by atoms with van der Waals surface area (Å²) in [6.45, 7) is 1.98. The molecule has 0 aliphatic heterocycles. The largest absolute Gasteiger partial charge is 0.461 e. The smallest absolute Gasteiger partial charge is 0.292 e. The van der Waals surface area contributed by atoms with E-state index in [-0.39, 0.29) is 4.70 Å². The van der Waals surface area contributed by atoms with Crippen molar-refractivity contribution in [2.24, 2.45) is 5.92 Å². The van der Waals surface area contributed by atoms with Crippen molar-refractivity contribution in [1.82, 2.24) is 0 Å². The van der Waals surface area contributed by atoms with Crippen LogP contribution in [0.15, 0.2) is 0 Å². The normalized spacial score (nSPS) is 12.6. The van der Waals surface area contributed by atoms with Gasteiger partial charge < -0.3 is 0 Å². The van der Waals surface area contributed by atoms with Crippen molar-refractivity contribution in [2.75, 3.05) is 0 Å². The SMILES string of the molecule is CC(C)C(=O)C(F)(F)C(F)(F)F.F. The summed E-state index contributed by atoms with van der Waals surface area (Å²) in [7, 11) is 0. The summed E-state index contributed by atoms with van der Waals surface area (Å²) in [4.78, 5) is 10.3. The van der Waals surface area contributed by atoms with Crippen molar-refractivity contribution in [3.05, 3.63) is 0 Å². The molecule has 0 aliphatic rings. The highest BCUT2D eigenvalue weighted by molar-refractivity contribution is 5.88. The van der Waals surface area contributed by atoms with Gasteiger partial charge in [0.05, 0.1) is 0 Å². The second-order valence-electron chi connectivity index (χ2n) is 2.59. The van der Waals surface area contributed by atoms with Crippen LogP contribution in [0.3, 0.4) is 0 Å². The number of halogens is 6. The van der Waals surface area contributed by atoms with Gasteiger partial charge in [0.15, 0.2) is 0 Å². The minimum atomic E-state index is -5.78. The first-order valence-corrected chi connectivity index (χ1v) is 3.09. The Bertz CT molecular complexity index is 182. The summed E-state index contributed by atoms with van der Waals surface area (Å²) < 4.78 is 58.6. The van der Waals surface area contributed by atoms with Gasteiger partial charge in [-0.25, -0.2) is 0 Å². The summed E-state index contributed by atoms with van der Waals surface area (Å²) in [5.41, 5.74) is 0. The van der Waals surface area contributed by atoms with E-state index < -0.39 is 23.8 Å². The summed E-state index contributed by atoms with van der Waals surface area (Å²) in [6, 6.07) is 0. The van der Waals surface area contributed by atoms with Crippen LogP contribution < -0.4 is 0 Å². The zero-order valence-corrected chi connectivity index (χ0v) is 6.78. The minimum Gasteiger partial charge on any atom is -0.292 e. The van der Waals surface area contributed by atoms with Crippen molar-refractivity contribution in [3.63, 3.8) is 0 Å². The average Bonchev–Trinajstić information content (AvgIpc) is 1.83. The van der Waals surface area contributed by atoms with Gasteiger partial charge in [-0.1, -0.05) is 13.8 Å². The van der Waals surface area contributed by atoms with Crippen LogP contribution in [0.1, 0.15) is 13.8 Å². The fourth-order valence-electron chi connectivity index (χ4n) is 0.502. The minimum absolute atomic E-state index is 0. The Balaban J connectivity index is 0. The lowest BCUT2D eigenvalue weighted by atomic mass is 10.0. The third kappa shape index (κ3) is 2.89. The summed E-state index contributed by atoms with van der Waals surface area (Å²) in [5, 5.41) is 0. The molecule has 0 rings (SSSR count). The lowest BCUT2D eigenvalue weighted by molar-refractivity contribution is -0.270. The zero-order valence-electron chi connectivity index (χ0n) is 6.78. The molecule has 13 heavy (non-hydrogen) atoms. The van der Waals surface area contributed by atoms with Crippen LogP contribution in [0.25, 0.3) is 0 Å². The molecule has 0 bridgehead atoms. The van der Waals surface area contributed by atoms with Crippen molar-refractivity contribution in [1.29, 1.82) is 0 Å². The van der Waals surface area contributed by atoms with Gasteiger partial charge in [0.1, 0.15) is 0 Å². The number of rotatable bonds is 2. The highest BCUT2D eigenvalue weighted by Crippen LogP contribution is 2.37. The van der Waals surface area contributed by atoms with E-state index in [2.05, 4.69) is 0 Å². The molecule has 0 atom stereocenters. The number of Topliss-reactive ketones (excluding diaryl/α,β-unsaturated/α-hetero) is 1. The average molecular weight is 210 g/mol. The molecule has 0 fully saturated rings. The van der Waals surface area contributed by atoms with Crippen LogP contribution in [0, 0.1) is 5.92 Å². The second-order valence-corrected chi connectivity index (χ2v) is 2.59. The Kier molecular flexibility index (Phi) is 4.51. The summed E-state index contributed by atoms with van der Waals surface area (Å²) in [5.74, 6) is -8.65. The van der Waals surface area contributed by atoms with Crippen LogP contribution in [0.4, 0.5) is 26.7 Å². The van der Waals surface area contributed by atoms with E-state index in [4.69, 9.17) is 0 Å². The van der Waals surface area contributed by atoms with Crippen LogP contribution in [-0.2, 0) is 4.79 Å². The first-order valence-electron chi connectivity index (χ1n) is 3.09. The molecule has 0 heterocycles. The van der Waals surface area contributed by atoms with Gasteiger partial charge in [-0.3, -0.25) is 9.50 Å². The molecule has 0 amide bonds. The molecule has 1 nitrogen and oxygen atoms in total. The maximum absolute atomic E-state index is 12.1. The second kappa shape index (κ2) is 3.97. The van der Waals surface area contributed by atoms with Gasteiger partial charge >= 0.3 is 12.1 Å². The fraction of sp³-hybridized carbons (Fsp3) is 0.833. The highest BCUT2D eigenvalue weighted by atomic mass is 19.4. The molecule has 0 spiro atoms. The van der Waals surface area contributed by atoms with Gasteiger partial charge in [-0.05, 0) is 0 Å². The lowest BCUT2D eigenvalue weighted by Gasteiger charge is -2.19. The number of ketones is 1. The van der Waals surface area contributed by atoms with Crippen molar-refractivity contribution < 1.29 is 31.5 Å². The van der Waals surface area contributed by atoms with Gasteiger partial charge in [0.25, 0.3) is 0 Å². The maximum atomic E-state index is 12.1. The van der Waals surface area contributed by atoms with E-state index in [1.807, 2.05) is 0 Å². The molecular weight excluding hydrogens is 202 g/mol. The summed E-state index contributed by atoms with van der Waals surface area (Å²) >= 11 is 0. The Labute approximate surface area is 70.3 Å². The van der Waals surface area contributed by atoms with Crippen molar-refractivity contribution >= 4 is 5.78 Å². The zero-order chi connectivity index (χ0) is 10.2. The van der Waals surface area contributed by atoms with Crippen LogP contribution in [0.2, 0.25) is 0 Å². The lowest BCUT2D eigenvalue weighted by Crippen LogP contribution is -2.46. The Morgan fingerprint density at radius 1 is 1.08 bits per heavy atom. The van der Waals surface area contributed by atoms with Crippen molar-refractivity contribution in [2.45, 2.75) is 25.9 Å². The molecule has 0 N–H and O–H groups in total. The molecule has 0 aromatic carbocycles. The van der Waals surface area contributed by atoms with Gasteiger partial charge in [-0.2, -0.15) is 22.0 Å². The van der Waals surface area contributed by atoms with E-state index in [9.17, 15) is 26.7 Å². The summed E-state index contributed by atoms with van der Waals surface area (Å²) in [6.07, 6.45) is -5.78. The molecule has 7 heteroatoms. The third-order valence-electron chi connectivity index (χ3n) is 1.19. The van der Waals surface area contributed by atoms with Gasteiger partial charge in [0, 0.05) is 5.92 Å². The first kappa shape index (κ1) is 14.8. The molecule has 0 aliphatic carbocycles. The number of hydrogen-bond acceptors (Lipinski definition) is 1. The topological polar surface area (TPSA) is 17.1 Å². The number of hydrogen-bond donors (Lipinski definition) is 0. The number of carbonyl (C=O) groups is 1. The first-order chi connectivity index (χ1) is 5.10. The third-order valence-corrected chi connectivity index (χ3v) is 1.19. The maximum Gasteiger partial charge on any atom is 0.461 e. The van der Waals surface area contributed by atoms with Crippen molar-refractivity contribution in [3.8, 4) is 0 Å². The molecular formula is C6H8F6O. The molecule has 0 saturated heterocycles. The predicted molar refractivity (Wildman–Crippen MR) is 33.3 cm³/mol. The van der Waals surface area contributed by atoms with E-state index in [1.165, 1.54) is 0 Å². The number of alkyl halides is 5. The Hall–Kier alpha value is -0.750. The quantitative estimate of drug-likeness (QED) is 0.640. The van der Waals surface area contributed by atoms with E-state index in [0.717, 1.165) is 13.8 Å². The highest BCUT2D eigenvalue weighted by Gasteiger charge is 2.63. The van der Waals surface area contributed by atoms with Gasteiger partial charge in [0.2, 0.25) is 5.78 Å². The molecule has 80 valence electrons. The van der Waals surface area contributed by atoms with Crippen LogP contribution >= 0.6 is 0 Å². The van der Waals surface area contributed by atoms with E-state index in [0.29, 0.717) is 0 Å². The Morgan fingerprint density at radius 3 is 1.46 bits per heavy atom. The Morgan fingerprint density at radius 2 is 1.38 bits per heavy atom. The number of carbonyl (C=O) groups excluding carboxylic acids is 1. The van der Waals surface area contributed by atoms with Crippen LogP contribution in [-0.4, -0.2) is 17.9 Å². The molecule has 0 saturated carbocycles. The van der Waals surface area contributed by atoms with E-state index >= 15 is 0 Å². The van der Waals surface area contributed by atoms with Crippen LogP contribution in [0.5, 0.6) is 0 Å². The standard InChI is InChI=1S/C6H7F5O.FH/c1-3(2)4(12)5(7,8)6(9,10)11;/h3H,1-2H3;1H. The van der Waals surface area contributed by atoms with Gasteiger partial charge in [-0.15, -0.1) is 0 Å². The fourth-order valence-corrected chi connectivity index (χ4v) is 0.502. The monoisotopic (exact) mass is 210 g/mol. The molecule has 0 radical (unpaired) electrons.